The fraction of sp³-hybridized carbons (Fsp3) is 0.217. The molecule has 3 aromatic rings. The van der Waals surface area contributed by atoms with Gasteiger partial charge in [-0.1, -0.05) is 29.8 Å². The van der Waals surface area contributed by atoms with E-state index >= 15 is 0 Å². The van der Waals surface area contributed by atoms with Crippen LogP contribution in [0.15, 0.2) is 65.6 Å². The third-order valence-corrected chi connectivity index (χ3v) is 6.79. The van der Waals surface area contributed by atoms with Gasteiger partial charge in [-0.25, -0.2) is 8.42 Å². The SMILES string of the molecule is CN(C)c1cc(C2Oc3ccc(NS(=O)(=O)c4ccccc4)cc3O2)cc(N(C)C)c1Cl. The lowest BCUT2D eigenvalue weighted by Gasteiger charge is -2.23. The average molecular weight is 474 g/mol. The van der Waals surface area contributed by atoms with Crippen LogP contribution in [0.2, 0.25) is 5.02 Å². The Labute approximate surface area is 193 Å². The van der Waals surface area contributed by atoms with E-state index in [2.05, 4.69) is 4.72 Å². The number of halogens is 1. The topological polar surface area (TPSA) is 71.1 Å². The zero-order valence-electron chi connectivity index (χ0n) is 18.2. The Hall–Kier alpha value is -3.10. The maximum absolute atomic E-state index is 12.6. The molecule has 1 unspecified atom stereocenters. The molecule has 1 N–H and O–H groups in total. The molecule has 168 valence electrons. The molecule has 0 aliphatic carbocycles. The monoisotopic (exact) mass is 473 g/mol. The summed E-state index contributed by atoms with van der Waals surface area (Å²) in [6.07, 6.45) is -0.680. The summed E-state index contributed by atoms with van der Waals surface area (Å²) in [7, 11) is 3.97. The molecule has 1 aliphatic heterocycles. The van der Waals surface area contributed by atoms with Crippen molar-refractivity contribution in [2.75, 3.05) is 42.7 Å². The summed E-state index contributed by atoms with van der Waals surface area (Å²) in [5.74, 6) is 0.987. The van der Waals surface area contributed by atoms with E-state index in [-0.39, 0.29) is 4.90 Å². The molecule has 0 saturated heterocycles. The number of nitrogens with one attached hydrogen (secondary N) is 1. The standard InChI is InChI=1S/C23H24ClN3O4S/c1-26(2)18-12-15(13-19(22(18)24)27(3)4)23-30-20-11-10-16(14-21(20)31-23)25-32(28,29)17-8-6-5-7-9-17/h5-14,23,25H,1-4H3. The quantitative estimate of drug-likeness (QED) is 0.557. The highest BCUT2D eigenvalue weighted by Gasteiger charge is 2.28. The second kappa shape index (κ2) is 8.44. The second-order valence-electron chi connectivity index (χ2n) is 7.81. The Morgan fingerprint density at radius 1 is 0.844 bits per heavy atom. The van der Waals surface area contributed by atoms with E-state index in [1.807, 2.05) is 50.1 Å². The lowest BCUT2D eigenvalue weighted by molar-refractivity contribution is 0.0488. The molecule has 7 nitrogen and oxygen atoms in total. The van der Waals surface area contributed by atoms with Crippen molar-refractivity contribution in [1.82, 2.24) is 0 Å². The Morgan fingerprint density at radius 3 is 2.03 bits per heavy atom. The van der Waals surface area contributed by atoms with Gasteiger partial charge < -0.3 is 19.3 Å². The van der Waals surface area contributed by atoms with E-state index in [1.54, 1.807) is 36.4 Å². The van der Waals surface area contributed by atoms with Crippen LogP contribution in [0.5, 0.6) is 11.5 Å². The Kier molecular flexibility index (Phi) is 5.83. The summed E-state index contributed by atoms with van der Waals surface area (Å²) >= 11 is 6.57. The second-order valence-corrected chi connectivity index (χ2v) is 9.87. The van der Waals surface area contributed by atoms with Crippen LogP contribution in [0.1, 0.15) is 11.9 Å². The summed E-state index contributed by atoms with van der Waals surface area (Å²) in [6.45, 7) is 0. The minimum absolute atomic E-state index is 0.184. The molecule has 32 heavy (non-hydrogen) atoms. The van der Waals surface area contributed by atoms with Gasteiger partial charge >= 0.3 is 0 Å². The number of hydrogen-bond acceptors (Lipinski definition) is 6. The number of sulfonamides is 1. The highest BCUT2D eigenvalue weighted by molar-refractivity contribution is 7.92. The van der Waals surface area contributed by atoms with Gasteiger partial charge in [0.2, 0.25) is 0 Å². The zero-order valence-corrected chi connectivity index (χ0v) is 19.7. The predicted octanol–water partition coefficient (Wildman–Crippen LogP) is 4.74. The molecule has 9 heteroatoms. The Bertz CT molecular complexity index is 1220. The molecule has 1 aliphatic rings. The van der Waals surface area contributed by atoms with Gasteiger partial charge in [-0.3, -0.25) is 4.72 Å². The summed E-state index contributed by atoms with van der Waals surface area (Å²) in [5.41, 5.74) is 2.86. The fourth-order valence-electron chi connectivity index (χ4n) is 3.37. The van der Waals surface area contributed by atoms with Crippen molar-refractivity contribution < 1.29 is 17.9 Å². The number of benzene rings is 3. The molecular weight excluding hydrogens is 450 g/mol. The van der Waals surface area contributed by atoms with Crippen LogP contribution in [-0.2, 0) is 10.0 Å². The number of hydrogen-bond donors (Lipinski definition) is 1. The highest BCUT2D eigenvalue weighted by atomic mass is 35.5. The van der Waals surface area contributed by atoms with Crippen LogP contribution in [0.25, 0.3) is 0 Å². The molecular formula is C23H24ClN3O4S. The molecule has 1 heterocycles. The fourth-order valence-corrected chi connectivity index (χ4v) is 4.89. The lowest BCUT2D eigenvalue weighted by Crippen LogP contribution is -2.17. The van der Waals surface area contributed by atoms with Crippen molar-refractivity contribution >= 4 is 38.7 Å². The number of fused-ring (bicyclic) bond motifs is 1. The first kappa shape index (κ1) is 22.1. The highest BCUT2D eigenvalue weighted by Crippen LogP contribution is 2.45. The van der Waals surface area contributed by atoms with Crippen molar-refractivity contribution in [1.29, 1.82) is 0 Å². The maximum Gasteiger partial charge on any atom is 0.268 e. The molecule has 0 spiro atoms. The Morgan fingerprint density at radius 2 is 1.44 bits per heavy atom. The van der Waals surface area contributed by atoms with E-state index in [0.717, 1.165) is 16.9 Å². The number of nitrogens with zero attached hydrogens (tertiary/aromatic N) is 2. The average Bonchev–Trinajstić information content (AvgIpc) is 3.17. The van der Waals surface area contributed by atoms with Crippen LogP contribution < -0.4 is 24.0 Å². The van der Waals surface area contributed by atoms with E-state index < -0.39 is 16.3 Å². The molecule has 0 amide bonds. The third-order valence-electron chi connectivity index (χ3n) is 5.01. The molecule has 0 saturated carbocycles. The van der Waals surface area contributed by atoms with Gasteiger partial charge in [0, 0.05) is 39.8 Å². The van der Waals surface area contributed by atoms with Gasteiger partial charge in [-0.05, 0) is 36.4 Å². The molecule has 4 rings (SSSR count). The van der Waals surface area contributed by atoms with Crippen molar-refractivity contribution in [3.05, 3.63) is 71.2 Å². The first-order valence-electron chi connectivity index (χ1n) is 9.89. The normalized spacial score (nSPS) is 14.8. The van der Waals surface area contributed by atoms with Gasteiger partial charge in [-0.2, -0.15) is 0 Å². The van der Waals surface area contributed by atoms with Crippen molar-refractivity contribution in [3.63, 3.8) is 0 Å². The van der Waals surface area contributed by atoms with E-state index in [4.69, 9.17) is 21.1 Å². The third kappa shape index (κ3) is 4.28. The summed E-state index contributed by atoms with van der Waals surface area (Å²) in [5, 5.41) is 0.636. The van der Waals surface area contributed by atoms with Crippen molar-refractivity contribution in [2.24, 2.45) is 0 Å². The molecule has 0 radical (unpaired) electrons. The maximum atomic E-state index is 12.6. The van der Waals surface area contributed by atoms with Gasteiger partial charge in [0.15, 0.2) is 11.5 Å². The number of ether oxygens (including phenoxy) is 2. The van der Waals surface area contributed by atoms with Crippen LogP contribution in [-0.4, -0.2) is 36.6 Å². The van der Waals surface area contributed by atoms with Crippen molar-refractivity contribution in [2.45, 2.75) is 11.2 Å². The van der Waals surface area contributed by atoms with Gasteiger partial charge in [-0.15, -0.1) is 0 Å². The Balaban J connectivity index is 1.60. The van der Waals surface area contributed by atoms with Crippen LogP contribution in [0.4, 0.5) is 17.1 Å². The van der Waals surface area contributed by atoms with Crippen molar-refractivity contribution in [3.8, 4) is 11.5 Å². The largest absolute Gasteiger partial charge is 0.447 e. The number of rotatable bonds is 6. The van der Waals surface area contributed by atoms with Gasteiger partial charge in [0.1, 0.15) is 0 Å². The summed E-state index contributed by atoms with van der Waals surface area (Å²) < 4.78 is 39.8. The van der Waals surface area contributed by atoms with E-state index in [1.165, 1.54) is 12.1 Å². The first-order valence-corrected chi connectivity index (χ1v) is 11.7. The first-order chi connectivity index (χ1) is 15.2. The minimum atomic E-state index is -3.70. The molecule has 0 fully saturated rings. The summed E-state index contributed by atoms with van der Waals surface area (Å²) in [6, 6.07) is 17.0. The zero-order chi connectivity index (χ0) is 23.0. The van der Waals surface area contributed by atoms with E-state index in [9.17, 15) is 8.42 Å². The van der Waals surface area contributed by atoms with E-state index in [0.29, 0.717) is 22.2 Å². The van der Waals surface area contributed by atoms with Gasteiger partial charge in [0.25, 0.3) is 16.3 Å². The molecule has 0 aromatic heterocycles. The molecule has 3 aromatic carbocycles. The van der Waals surface area contributed by atoms with Crippen LogP contribution >= 0.6 is 11.6 Å². The number of anilines is 3. The van der Waals surface area contributed by atoms with Gasteiger partial charge in [0.05, 0.1) is 27.0 Å². The van der Waals surface area contributed by atoms with Crippen LogP contribution in [0, 0.1) is 0 Å². The minimum Gasteiger partial charge on any atom is -0.447 e. The molecule has 0 bridgehead atoms. The molecule has 1 atom stereocenters. The van der Waals surface area contributed by atoms with Crippen LogP contribution in [0.3, 0.4) is 0 Å². The lowest BCUT2D eigenvalue weighted by atomic mass is 10.1. The predicted molar refractivity (Wildman–Crippen MR) is 128 cm³/mol. The smallest absolute Gasteiger partial charge is 0.268 e. The summed E-state index contributed by atoms with van der Waals surface area (Å²) in [4.78, 5) is 4.04.